The molecule has 0 atom stereocenters. The maximum Gasteiger partial charge on any atom is 0.231 e. The minimum Gasteiger partial charge on any atom is -0.495 e. The predicted octanol–water partition coefficient (Wildman–Crippen LogP) is 4.35. The van der Waals surface area contributed by atoms with Crippen molar-refractivity contribution in [2.24, 2.45) is 0 Å². The van der Waals surface area contributed by atoms with Crippen molar-refractivity contribution in [3.05, 3.63) is 58.6 Å². The van der Waals surface area contributed by atoms with Crippen LogP contribution in [0.1, 0.15) is 21.6 Å². The number of amides is 1. The smallest absolute Gasteiger partial charge is 0.231 e. The zero-order valence-corrected chi connectivity index (χ0v) is 18.6. The quantitative estimate of drug-likeness (QED) is 0.398. The van der Waals surface area contributed by atoms with Gasteiger partial charge < -0.3 is 19.5 Å². The molecule has 0 fully saturated rings. The van der Waals surface area contributed by atoms with Gasteiger partial charge in [-0.2, -0.15) is 0 Å². The third kappa shape index (κ3) is 5.18. The van der Waals surface area contributed by atoms with Crippen LogP contribution in [-0.4, -0.2) is 36.3 Å². The first-order chi connectivity index (χ1) is 15.0. The van der Waals surface area contributed by atoms with E-state index in [4.69, 9.17) is 14.2 Å². The molecule has 0 bridgehead atoms. The molecule has 1 aromatic heterocycles. The number of hydrogen-bond donors (Lipinski definition) is 1. The topological polar surface area (TPSA) is 86.8 Å². The molecule has 9 heteroatoms. The number of hydrogen-bond acceptors (Lipinski definition) is 8. The third-order valence-electron chi connectivity index (χ3n) is 4.52. The summed E-state index contributed by atoms with van der Waals surface area (Å²) in [5, 5.41) is 4.70. The molecule has 7 nitrogen and oxygen atoms in total. The molecule has 2 aromatic carbocycles. The molecule has 3 aromatic rings. The van der Waals surface area contributed by atoms with Crippen LogP contribution in [0.4, 0.5) is 5.69 Å². The molecule has 4 rings (SSSR count). The number of ether oxygens (including phenoxy) is 3. The van der Waals surface area contributed by atoms with E-state index in [1.165, 1.54) is 23.1 Å². The SMILES string of the molecule is COc1ccc(C)cc1NC(=O)Cc1csc(SCC(=O)c2ccc3c(c2)OCO3)n1. The van der Waals surface area contributed by atoms with Gasteiger partial charge in [-0.15, -0.1) is 11.3 Å². The van der Waals surface area contributed by atoms with Gasteiger partial charge in [0, 0.05) is 10.9 Å². The zero-order chi connectivity index (χ0) is 21.8. The molecule has 0 saturated heterocycles. The molecule has 1 aliphatic heterocycles. The van der Waals surface area contributed by atoms with Gasteiger partial charge in [0.05, 0.1) is 30.7 Å². The van der Waals surface area contributed by atoms with E-state index in [-0.39, 0.29) is 30.7 Å². The number of aryl methyl sites for hydroxylation is 1. The molecule has 1 amide bonds. The van der Waals surface area contributed by atoms with Gasteiger partial charge in [0.2, 0.25) is 12.7 Å². The van der Waals surface area contributed by atoms with E-state index in [2.05, 4.69) is 10.3 Å². The monoisotopic (exact) mass is 456 g/mol. The van der Waals surface area contributed by atoms with E-state index in [1.54, 1.807) is 25.3 Å². The highest BCUT2D eigenvalue weighted by Gasteiger charge is 2.17. The summed E-state index contributed by atoms with van der Waals surface area (Å²) < 4.78 is 16.6. The summed E-state index contributed by atoms with van der Waals surface area (Å²) in [6.07, 6.45) is 0.143. The van der Waals surface area contributed by atoms with Crippen LogP contribution in [0, 0.1) is 6.92 Å². The molecule has 1 N–H and O–H groups in total. The van der Waals surface area contributed by atoms with Crippen molar-refractivity contribution < 1.29 is 23.8 Å². The van der Waals surface area contributed by atoms with Crippen LogP contribution < -0.4 is 19.5 Å². The van der Waals surface area contributed by atoms with Crippen LogP contribution in [0.3, 0.4) is 0 Å². The number of benzene rings is 2. The van der Waals surface area contributed by atoms with Crippen LogP contribution in [0.15, 0.2) is 46.1 Å². The number of nitrogens with zero attached hydrogens (tertiary/aromatic N) is 1. The number of fused-ring (bicyclic) bond motifs is 1. The summed E-state index contributed by atoms with van der Waals surface area (Å²) in [7, 11) is 1.56. The number of thioether (sulfide) groups is 1. The Kier molecular flexibility index (Phi) is 6.43. The largest absolute Gasteiger partial charge is 0.495 e. The summed E-state index contributed by atoms with van der Waals surface area (Å²) in [5.41, 5.74) is 2.88. The number of nitrogens with one attached hydrogen (secondary N) is 1. The average molecular weight is 457 g/mol. The van der Waals surface area contributed by atoms with Gasteiger partial charge in [-0.3, -0.25) is 9.59 Å². The number of carbonyl (C=O) groups excluding carboxylic acids is 2. The molecule has 0 radical (unpaired) electrons. The van der Waals surface area contributed by atoms with Crippen molar-refractivity contribution >= 4 is 40.5 Å². The fourth-order valence-corrected chi connectivity index (χ4v) is 4.73. The second-order valence-electron chi connectivity index (χ2n) is 6.81. The summed E-state index contributed by atoms with van der Waals surface area (Å²) in [6, 6.07) is 10.8. The summed E-state index contributed by atoms with van der Waals surface area (Å²) >= 11 is 2.77. The van der Waals surface area contributed by atoms with Crippen molar-refractivity contribution in [3.8, 4) is 17.2 Å². The number of ketones is 1. The van der Waals surface area contributed by atoms with E-state index < -0.39 is 0 Å². The Labute approximate surface area is 187 Å². The van der Waals surface area contributed by atoms with Crippen molar-refractivity contribution in [2.45, 2.75) is 17.7 Å². The molecule has 1 aliphatic rings. The first-order valence-electron chi connectivity index (χ1n) is 9.46. The Morgan fingerprint density at radius 1 is 1.19 bits per heavy atom. The lowest BCUT2D eigenvalue weighted by molar-refractivity contribution is -0.115. The number of thiazole rings is 1. The molecular weight excluding hydrogens is 436 g/mol. The van der Waals surface area contributed by atoms with Gasteiger partial charge in [0.25, 0.3) is 0 Å². The number of carbonyl (C=O) groups is 2. The lowest BCUT2D eigenvalue weighted by Crippen LogP contribution is -2.15. The normalized spacial score (nSPS) is 11.9. The predicted molar refractivity (Wildman–Crippen MR) is 120 cm³/mol. The number of methoxy groups -OCH3 is 1. The van der Waals surface area contributed by atoms with Crippen LogP contribution in [0.25, 0.3) is 0 Å². The molecule has 2 heterocycles. The second-order valence-corrected chi connectivity index (χ2v) is 8.89. The summed E-state index contributed by atoms with van der Waals surface area (Å²) in [5.74, 6) is 1.89. The molecule has 160 valence electrons. The highest BCUT2D eigenvalue weighted by Crippen LogP contribution is 2.33. The first-order valence-corrected chi connectivity index (χ1v) is 11.3. The van der Waals surface area contributed by atoms with Crippen LogP contribution in [-0.2, 0) is 11.2 Å². The maximum absolute atomic E-state index is 12.5. The van der Waals surface area contributed by atoms with Gasteiger partial charge >= 0.3 is 0 Å². The van der Waals surface area contributed by atoms with Crippen LogP contribution in [0.2, 0.25) is 0 Å². The van der Waals surface area contributed by atoms with Gasteiger partial charge in [0.1, 0.15) is 5.75 Å². The molecule has 0 spiro atoms. The lowest BCUT2D eigenvalue weighted by atomic mass is 10.1. The van der Waals surface area contributed by atoms with Crippen LogP contribution in [0.5, 0.6) is 17.2 Å². The number of rotatable bonds is 8. The summed E-state index contributed by atoms with van der Waals surface area (Å²) in [6.45, 7) is 2.12. The van der Waals surface area contributed by atoms with E-state index >= 15 is 0 Å². The van der Waals surface area contributed by atoms with Crippen LogP contribution >= 0.6 is 23.1 Å². The van der Waals surface area contributed by atoms with Gasteiger partial charge in [-0.25, -0.2) is 4.98 Å². The minimum atomic E-state index is -0.179. The second kappa shape index (κ2) is 9.40. The molecule has 0 unspecified atom stereocenters. The van der Waals surface area contributed by atoms with Crippen molar-refractivity contribution in [1.82, 2.24) is 4.98 Å². The van der Waals surface area contributed by atoms with E-state index in [1.807, 2.05) is 30.5 Å². The Hall–Kier alpha value is -3.04. The first kappa shape index (κ1) is 21.2. The number of aromatic nitrogens is 1. The molecule has 31 heavy (non-hydrogen) atoms. The number of Topliss-reactive ketones (excluding diaryl/α,β-unsaturated/α-hetero) is 1. The maximum atomic E-state index is 12.5. The highest BCUT2D eigenvalue weighted by molar-refractivity contribution is 8.01. The Morgan fingerprint density at radius 2 is 2.03 bits per heavy atom. The Balaban J connectivity index is 1.31. The number of anilines is 1. The average Bonchev–Trinajstić information content (AvgIpc) is 3.40. The highest BCUT2D eigenvalue weighted by atomic mass is 32.2. The minimum absolute atomic E-state index is 0.0238. The zero-order valence-electron chi connectivity index (χ0n) is 17.0. The Bertz CT molecular complexity index is 1130. The van der Waals surface area contributed by atoms with E-state index in [9.17, 15) is 9.59 Å². The third-order valence-corrected chi connectivity index (χ3v) is 6.59. The van der Waals surface area contributed by atoms with E-state index in [0.717, 1.165) is 9.90 Å². The van der Waals surface area contributed by atoms with Gasteiger partial charge in [-0.1, -0.05) is 17.8 Å². The van der Waals surface area contributed by atoms with Crippen molar-refractivity contribution in [3.63, 3.8) is 0 Å². The standard InChI is InChI=1S/C22H20N2O5S2/c1-13-3-5-18(27-2)16(7-13)24-21(26)9-15-10-30-22(23-15)31-11-17(25)14-4-6-19-20(8-14)29-12-28-19/h3-8,10H,9,11-12H2,1-2H3,(H,24,26). The fourth-order valence-electron chi connectivity index (χ4n) is 2.99. The van der Waals surface area contributed by atoms with Crippen molar-refractivity contribution in [2.75, 3.05) is 25.0 Å². The van der Waals surface area contributed by atoms with Gasteiger partial charge in [0.15, 0.2) is 21.6 Å². The Morgan fingerprint density at radius 3 is 2.87 bits per heavy atom. The molecule has 0 aliphatic carbocycles. The van der Waals surface area contributed by atoms with E-state index in [0.29, 0.717) is 34.2 Å². The molecular formula is C22H20N2O5S2. The molecule has 0 saturated carbocycles. The lowest BCUT2D eigenvalue weighted by Gasteiger charge is -2.10. The fraction of sp³-hybridized carbons (Fsp3) is 0.227. The van der Waals surface area contributed by atoms with Crippen molar-refractivity contribution in [1.29, 1.82) is 0 Å². The van der Waals surface area contributed by atoms with Gasteiger partial charge in [-0.05, 0) is 42.8 Å². The summed E-state index contributed by atoms with van der Waals surface area (Å²) in [4.78, 5) is 29.4.